The molecule has 0 saturated heterocycles. The van der Waals surface area contributed by atoms with Gasteiger partial charge in [0.1, 0.15) is 11.0 Å². The Morgan fingerprint density at radius 2 is 2.11 bits per heavy atom. The highest BCUT2D eigenvalue weighted by atomic mass is 32.2. The number of aromatic nitrogens is 1. The van der Waals surface area contributed by atoms with Crippen LogP contribution in [0.1, 0.15) is 50.8 Å². The van der Waals surface area contributed by atoms with Crippen molar-refractivity contribution < 1.29 is 8.60 Å². The molecule has 0 radical (unpaired) electrons. The van der Waals surface area contributed by atoms with E-state index in [2.05, 4.69) is 9.38 Å². The Bertz CT molecular complexity index is 504. The van der Waals surface area contributed by atoms with Crippen molar-refractivity contribution in [3.8, 4) is 0 Å². The van der Waals surface area contributed by atoms with Crippen LogP contribution >= 0.6 is 0 Å². The van der Waals surface area contributed by atoms with Gasteiger partial charge in [0.15, 0.2) is 0 Å². The Kier molecular flexibility index (Phi) is 3.61. The maximum atomic E-state index is 13.7. The molecule has 1 aliphatic carbocycles. The maximum Gasteiger partial charge on any atom is 0.216 e. The van der Waals surface area contributed by atoms with E-state index < -0.39 is 21.7 Å². The predicted octanol–water partition coefficient (Wildman–Crippen LogP) is 2.98. The quantitative estimate of drug-likeness (QED) is 0.624. The van der Waals surface area contributed by atoms with Crippen molar-refractivity contribution in [1.82, 2.24) is 4.98 Å². The van der Waals surface area contributed by atoms with Crippen molar-refractivity contribution in [3.63, 3.8) is 0 Å². The SMILES string of the molecule is CC(C)(C)[S@](=O)/N=C/c1ccc(C2CC2)c(F)n1. The molecule has 0 bridgehead atoms. The summed E-state index contributed by atoms with van der Waals surface area (Å²) >= 11 is 0. The van der Waals surface area contributed by atoms with Crippen LogP contribution in [0.25, 0.3) is 0 Å². The zero-order valence-corrected chi connectivity index (χ0v) is 11.6. The molecular weight excluding hydrogens is 251 g/mol. The molecule has 2 rings (SSSR count). The van der Waals surface area contributed by atoms with Crippen LogP contribution in [-0.2, 0) is 11.0 Å². The van der Waals surface area contributed by atoms with Gasteiger partial charge in [-0.1, -0.05) is 6.07 Å². The molecule has 1 aromatic heterocycles. The minimum Gasteiger partial charge on any atom is -0.234 e. The topological polar surface area (TPSA) is 42.3 Å². The monoisotopic (exact) mass is 268 g/mol. The summed E-state index contributed by atoms with van der Waals surface area (Å²) in [7, 11) is -1.34. The fraction of sp³-hybridized carbons (Fsp3) is 0.538. The molecule has 1 fully saturated rings. The van der Waals surface area contributed by atoms with Crippen LogP contribution in [0.4, 0.5) is 4.39 Å². The molecule has 1 aliphatic rings. The average Bonchev–Trinajstić information content (AvgIpc) is 3.08. The van der Waals surface area contributed by atoms with E-state index in [4.69, 9.17) is 0 Å². The van der Waals surface area contributed by atoms with E-state index in [9.17, 15) is 8.60 Å². The van der Waals surface area contributed by atoms with E-state index in [1.807, 2.05) is 20.8 Å². The van der Waals surface area contributed by atoms with Gasteiger partial charge < -0.3 is 0 Å². The van der Waals surface area contributed by atoms with Gasteiger partial charge in [-0.25, -0.2) is 9.19 Å². The molecule has 1 saturated carbocycles. The first-order valence-corrected chi connectivity index (χ1v) is 7.11. The molecule has 0 spiro atoms. The molecule has 98 valence electrons. The fourth-order valence-electron chi connectivity index (χ4n) is 1.49. The summed E-state index contributed by atoms with van der Waals surface area (Å²) in [6, 6.07) is 3.47. The van der Waals surface area contributed by atoms with Crippen LogP contribution in [0.15, 0.2) is 16.5 Å². The number of halogens is 1. The minimum atomic E-state index is -1.34. The van der Waals surface area contributed by atoms with E-state index in [1.165, 1.54) is 6.21 Å². The molecule has 1 heterocycles. The summed E-state index contributed by atoms with van der Waals surface area (Å²) in [5, 5.41) is 0. The summed E-state index contributed by atoms with van der Waals surface area (Å²) in [4.78, 5) is 3.84. The van der Waals surface area contributed by atoms with Gasteiger partial charge in [0.25, 0.3) is 0 Å². The lowest BCUT2D eigenvalue weighted by Crippen LogP contribution is -2.19. The third-order valence-electron chi connectivity index (χ3n) is 2.72. The molecule has 1 atom stereocenters. The Hall–Kier alpha value is -1.10. The second-order valence-electron chi connectivity index (χ2n) is 5.49. The minimum absolute atomic E-state index is 0.340. The van der Waals surface area contributed by atoms with Crippen molar-refractivity contribution in [2.75, 3.05) is 0 Å². The Morgan fingerprint density at radius 1 is 1.44 bits per heavy atom. The van der Waals surface area contributed by atoms with Gasteiger partial charge in [-0.15, -0.1) is 0 Å². The summed E-state index contributed by atoms with van der Waals surface area (Å²) in [6.07, 6.45) is 3.46. The molecule has 18 heavy (non-hydrogen) atoms. The first kappa shape index (κ1) is 13.3. The van der Waals surface area contributed by atoms with E-state index in [0.29, 0.717) is 17.2 Å². The molecule has 0 unspecified atom stereocenters. The number of hydrogen-bond donors (Lipinski definition) is 0. The number of pyridine rings is 1. The Labute approximate surface area is 109 Å². The molecule has 5 heteroatoms. The van der Waals surface area contributed by atoms with E-state index in [1.54, 1.807) is 12.1 Å². The van der Waals surface area contributed by atoms with Crippen LogP contribution in [0, 0.1) is 5.95 Å². The summed E-state index contributed by atoms with van der Waals surface area (Å²) < 4.78 is 28.9. The number of rotatable bonds is 3. The van der Waals surface area contributed by atoms with Gasteiger partial charge >= 0.3 is 0 Å². The van der Waals surface area contributed by atoms with Crippen LogP contribution in [0.5, 0.6) is 0 Å². The van der Waals surface area contributed by atoms with Gasteiger partial charge in [-0.2, -0.15) is 8.79 Å². The fourth-order valence-corrected chi connectivity index (χ4v) is 2.01. The molecule has 3 nitrogen and oxygen atoms in total. The second kappa shape index (κ2) is 4.88. The number of hydrogen-bond acceptors (Lipinski definition) is 2. The van der Waals surface area contributed by atoms with Crippen LogP contribution in [0.3, 0.4) is 0 Å². The summed E-state index contributed by atoms with van der Waals surface area (Å²) in [5.41, 5.74) is 1.10. The zero-order chi connectivity index (χ0) is 13.3. The van der Waals surface area contributed by atoms with Gasteiger partial charge in [0.2, 0.25) is 5.95 Å². The smallest absolute Gasteiger partial charge is 0.216 e. The van der Waals surface area contributed by atoms with Gasteiger partial charge in [0, 0.05) is 5.56 Å². The molecule has 0 amide bonds. The lowest BCUT2D eigenvalue weighted by molar-refractivity contribution is 0.566. The number of nitrogens with zero attached hydrogens (tertiary/aromatic N) is 2. The Balaban J connectivity index is 2.13. The highest BCUT2D eigenvalue weighted by Gasteiger charge is 2.27. The zero-order valence-electron chi connectivity index (χ0n) is 10.8. The van der Waals surface area contributed by atoms with Crippen molar-refractivity contribution in [2.45, 2.75) is 44.3 Å². The molecule has 0 N–H and O–H groups in total. The third kappa shape index (κ3) is 3.22. The van der Waals surface area contributed by atoms with Gasteiger partial charge in [0.05, 0.1) is 16.7 Å². The van der Waals surface area contributed by atoms with E-state index in [-0.39, 0.29) is 0 Å². The lowest BCUT2D eigenvalue weighted by Gasteiger charge is -2.12. The Morgan fingerprint density at radius 3 is 2.61 bits per heavy atom. The van der Waals surface area contributed by atoms with Crippen LogP contribution in [-0.4, -0.2) is 20.2 Å². The van der Waals surface area contributed by atoms with Crippen molar-refractivity contribution >= 4 is 17.2 Å². The summed E-state index contributed by atoms with van der Waals surface area (Å²) in [5.74, 6) is -0.0878. The van der Waals surface area contributed by atoms with E-state index >= 15 is 0 Å². The molecule has 1 aromatic rings. The first-order valence-electron chi connectivity index (χ1n) is 6.00. The molecular formula is C13H17FN2OS. The molecule has 0 aromatic carbocycles. The predicted molar refractivity (Wildman–Crippen MR) is 71.7 cm³/mol. The largest absolute Gasteiger partial charge is 0.234 e. The van der Waals surface area contributed by atoms with E-state index in [0.717, 1.165) is 12.8 Å². The highest BCUT2D eigenvalue weighted by molar-refractivity contribution is 7.85. The van der Waals surface area contributed by atoms with Crippen LogP contribution in [0.2, 0.25) is 0 Å². The summed E-state index contributed by atoms with van der Waals surface area (Å²) in [6.45, 7) is 5.51. The standard InChI is InChI=1S/C13H17FN2OS/c1-13(2,3)18(17)15-8-10-6-7-11(9-4-5-9)12(14)16-10/h6-9H,4-5H2,1-3H3/b15-8+/t18-/m0/s1. The van der Waals surface area contributed by atoms with Crippen molar-refractivity contribution in [2.24, 2.45) is 4.40 Å². The first-order chi connectivity index (χ1) is 8.38. The van der Waals surface area contributed by atoms with Gasteiger partial charge in [-0.05, 0) is 45.6 Å². The van der Waals surface area contributed by atoms with Crippen molar-refractivity contribution in [3.05, 3.63) is 29.3 Å². The second-order valence-corrected chi connectivity index (χ2v) is 7.42. The molecule has 0 aliphatic heterocycles. The normalized spacial score (nSPS) is 18.2. The van der Waals surface area contributed by atoms with Gasteiger partial charge in [-0.3, -0.25) is 0 Å². The third-order valence-corrected chi connectivity index (χ3v) is 4.07. The lowest BCUT2D eigenvalue weighted by atomic mass is 10.2. The average molecular weight is 268 g/mol. The maximum absolute atomic E-state index is 13.7. The van der Waals surface area contributed by atoms with Crippen LogP contribution < -0.4 is 0 Å². The highest BCUT2D eigenvalue weighted by Crippen LogP contribution is 2.40. The van der Waals surface area contributed by atoms with Crippen molar-refractivity contribution in [1.29, 1.82) is 0 Å².